The number of carbonyl (C=O) groups excluding carboxylic acids is 1. The van der Waals surface area contributed by atoms with Gasteiger partial charge in [-0.1, -0.05) is 0 Å². The molecule has 2 fully saturated rings. The zero-order valence-corrected chi connectivity index (χ0v) is 13.3. The molecule has 5 nitrogen and oxygen atoms in total. The highest BCUT2D eigenvalue weighted by Gasteiger charge is 2.30. The second kappa shape index (κ2) is 6.12. The second-order valence-electron chi connectivity index (χ2n) is 6.79. The number of carbonyl (C=O) groups is 1. The standard InChI is InChI=1S/C17H20F2N4O/c18-13-7-15-16(8-14(13)19)23(9-20-15)10-22-5-3-11(4-6-22)17(24)21-12-1-2-12/h7-9,11-12H,1-6,10H2,(H,21,24). The van der Waals surface area contributed by atoms with Crippen molar-refractivity contribution in [2.24, 2.45) is 5.92 Å². The van der Waals surface area contributed by atoms with Gasteiger partial charge in [0.25, 0.3) is 0 Å². The lowest BCUT2D eigenvalue weighted by Crippen LogP contribution is -2.41. The number of imidazole rings is 1. The lowest BCUT2D eigenvalue weighted by Gasteiger charge is -2.31. The van der Waals surface area contributed by atoms with Crippen LogP contribution in [-0.4, -0.2) is 39.5 Å². The van der Waals surface area contributed by atoms with E-state index in [2.05, 4.69) is 15.2 Å². The molecule has 24 heavy (non-hydrogen) atoms. The molecule has 128 valence electrons. The van der Waals surface area contributed by atoms with Crippen molar-refractivity contribution in [2.75, 3.05) is 13.1 Å². The van der Waals surface area contributed by atoms with Crippen LogP contribution in [0.5, 0.6) is 0 Å². The van der Waals surface area contributed by atoms with Crippen LogP contribution in [0.15, 0.2) is 18.5 Å². The zero-order valence-electron chi connectivity index (χ0n) is 13.3. The fourth-order valence-electron chi connectivity index (χ4n) is 3.26. The summed E-state index contributed by atoms with van der Waals surface area (Å²) in [6.07, 6.45) is 5.47. The summed E-state index contributed by atoms with van der Waals surface area (Å²) in [4.78, 5) is 18.4. The normalized spacial score (nSPS) is 19.8. The minimum atomic E-state index is -0.879. The maximum Gasteiger partial charge on any atom is 0.223 e. The van der Waals surface area contributed by atoms with Crippen LogP contribution in [-0.2, 0) is 11.5 Å². The largest absolute Gasteiger partial charge is 0.353 e. The molecule has 1 aromatic carbocycles. The van der Waals surface area contributed by atoms with Crippen LogP contribution in [0.1, 0.15) is 25.7 Å². The third kappa shape index (κ3) is 3.13. The molecule has 1 aliphatic carbocycles. The summed E-state index contributed by atoms with van der Waals surface area (Å²) in [5.74, 6) is -1.47. The van der Waals surface area contributed by atoms with E-state index in [9.17, 15) is 13.6 Å². The van der Waals surface area contributed by atoms with Gasteiger partial charge >= 0.3 is 0 Å². The Kier molecular flexibility index (Phi) is 3.96. The van der Waals surface area contributed by atoms with Crippen LogP contribution in [0.4, 0.5) is 8.78 Å². The first-order chi connectivity index (χ1) is 11.6. The summed E-state index contributed by atoms with van der Waals surface area (Å²) in [5, 5.41) is 3.07. The van der Waals surface area contributed by atoms with E-state index in [1.54, 1.807) is 6.33 Å². The Labute approximate surface area is 138 Å². The first-order valence-corrected chi connectivity index (χ1v) is 8.43. The summed E-state index contributed by atoms with van der Waals surface area (Å²) in [6.45, 7) is 2.19. The van der Waals surface area contributed by atoms with Gasteiger partial charge < -0.3 is 9.88 Å². The first kappa shape index (κ1) is 15.5. The maximum absolute atomic E-state index is 13.5. The van der Waals surface area contributed by atoms with Gasteiger partial charge in [0.15, 0.2) is 11.6 Å². The predicted molar refractivity (Wildman–Crippen MR) is 85.1 cm³/mol. The molecular weight excluding hydrogens is 314 g/mol. The fraction of sp³-hybridized carbons (Fsp3) is 0.529. The van der Waals surface area contributed by atoms with E-state index in [0.29, 0.717) is 23.7 Å². The number of likely N-dealkylation sites (tertiary alicyclic amines) is 1. The molecule has 2 heterocycles. The van der Waals surface area contributed by atoms with Crippen molar-refractivity contribution >= 4 is 16.9 Å². The van der Waals surface area contributed by atoms with E-state index in [0.717, 1.165) is 44.8 Å². The van der Waals surface area contributed by atoms with Gasteiger partial charge in [-0.3, -0.25) is 9.69 Å². The molecule has 0 spiro atoms. The minimum Gasteiger partial charge on any atom is -0.353 e. The molecule has 1 N–H and O–H groups in total. The number of piperidine rings is 1. The van der Waals surface area contributed by atoms with E-state index in [1.165, 1.54) is 6.07 Å². The molecule has 1 saturated heterocycles. The molecular formula is C17H20F2N4O. The number of nitrogens with zero attached hydrogens (tertiary/aromatic N) is 3. The number of fused-ring (bicyclic) bond motifs is 1. The molecule has 2 aromatic rings. The topological polar surface area (TPSA) is 50.2 Å². The van der Waals surface area contributed by atoms with Gasteiger partial charge in [-0.15, -0.1) is 0 Å². The maximum atomic E-state index is 13.5. The van der Waals surface area contributed by atoms with E-state index in [-0.39, 0.29) is 11.8 Å². The summed E-state index contributed by atoms with van der Waals surface area (Å²) >= 11 is 0. The summed E-state index contributed by atoms with van der Waals surface area (Å²) in [5.41, 5.74) is 1.04. The lowest BCUT2D eigenvalue weighted by atomic mass is 9.96. The molecule has 1 aliphatic heterocycles. The van der Waals surface area contributed by atoms with Gasteiger partial charge in [-0.2, -0.15) is 0 Å². The van der Waals surface area contributed by atoms with E-state index >= 15 is 0 Å². The molecule has 4 rings (SSSR count). The molecule has 0 bridgehead atoms. The van der Waals surface area contributed by atoms with Crippen molar-refractivity contribution in [1.29, 1.82) is 0 Å². The molecule has 2 aliphatic rings. The number of hydrogen-bond acceptors (Lipinski definition) is 3. The third-order valence-corrected chi connectivity index (χ3v) is 4.90. The van der Waals surface area contributed by atoms with Crippen LogP contribution in [0.3, 0.4) is 0 Å². The highest BCUT2D eigenvalue weighted by atomic mass is 19.2. The van der Waals surface area contributed by atoms with Crippen LogP contribution < -0.4 is 5.32 Å². The van der Waals surface area contributed by atoms with Crippen LogP contribution in [0.2, 0.25) is 0 Å². The average molecular weight is 334 g/mol. The number of aromatic nitrogens is 2. The summed E-state index contributed by atoms with van der Waals surface area (Å²) < 4.78 is 28.5. The Morgan fingerprint density at radius 1 is 1.17 bits per heavy atom. The number of nitrogens with one attached hydrogen (secondary N) is 1. The summed E-state index contributed by atoms with van der Waals surface area (Å²) in [7, 11) is 0. The highest BCUT2D eigenvalue weighted by Crippen LogP contribution is 2.24. The van der Waals surface area contributed by atoms with Crippen molar-refractivity contribution in [1.82, 2.24) is 19.8 Å². The number of benzene rings is 1. The van der Waals surface area contributed by atoms with Crippen LogP contribution in [0.25, 0.3) is 11.0 Å². The Morgan fingerprint density at radius 3 is 2.58 bits per heavy atom. The third-order valence-electron chi connectivity index (χ3n) is 4.90. The average Bonchev–Trinajstić information content (AvgIpc) is 3.31. The molecule has 0 radical (unpaired) electrons. The molecule has 0 unspecified atom stereocenters. The molecule has 7 heteroatoms. The van der Waals surface area contributed by atoms with Crippen LogP contribution in [0, 0.1) is 17.6 Å². The Hall–Kier alpha value is -2.02. The van der Waals surface area contributed by atoms with Crippen molar-refractivity contribution in [3.05, 3.63) is 30.1 Å². The van der Waals surface area contributed by atoms with Gasteiger partial charge in [0.1, 0.15) is 0 Å². The van der Waals surface area contributed by atoms with E-state index < -0.39 is 11.6 Å². The zero-order chi connectivity index (χ0) is 16.7. The minimum absolute atomic E-state index is 0.0907. The van der Waals surface area contributed by atoms with Crippen LogP contribution >= 0.6 is 0 Å². The van der Waals surface area contributed by atoms with Crippen molar-refractivity contribution in [3.8, 4) is 0 Å². The molecule has 1 amide bonds. The van der Waals surface area contributed by atoms with E-state index in [4.69, 9.17) is 0 Å². The van der Waals surface area contributed by atoms with Gasteiger partial charge in [0.05, 0.1) is 24.0 Å². The molecule has 0 atom stereocenters. The number of rotatable bonds is 4. The monoisotopic (exact) mass is 334 g/mol. The Balaban J connectivity index is 1.38. The summed E-state index contributed by atoms with van der Waals surface area (Å²) in [6, 6.07) is 2.71. The molecule has 1 saturated carbocycles. The predicted octanol–water partition coefficient (Wildman–Crippen LogP) is 2.26. The first-order valence-electron chi connectivity index (χ1n) is 8.43. The fourth-order valence-corrected chi connectivity index (χ4v) is 3.26. The number of hydrogen-bond donors (Lipinski definition) is 1. The van der Waals surface area contributed by atoms with Gasteiger partial charge in [-0.05, 0) is 25.7 Å². The van der Waals surface area contributed by atoms with Gasteiger partial charge in [-0.25, -0.2) is 13.8 Å². The highest BCUT2D eigenvalue weighted by molar-refractivity contribution is 5.79. The smallest absolute Gasteiger partial charge is 0.223 e. The van der Waals surface area contributed by atoms with Crippen molar-refractivity contribution in [2.45, 2.75) is 38.4 Å². The quantitative estimate of drug-likeness (QED) is 0.933. The molecule has 1 aromatic heterocycles. The Bertz CT molecular complexity index is 763. The van der Waals surface area contributed by atoms with Gasteiger partial charge in [0, 0.05) is 37.2 Å². The van der Waals surface area contributed by atoms with Crippen molar-refractivity contribution in [3.63, 3.8) is 0 Å². The van der Waals surface area contributed by atoms with Gasteiger partial charge in [0.2, 0.25) is 5.91 Å². The van der Waals surface area contributed by atoms with Crippen molar-refractivity contribution < 1.29 is 13.6 Å². The SMILES string of the molecule is O=C(NC1CC1)C1CCN(Cn2cnc3cc(F)c(F)cc32)CC1. The van der Waals surface area contributed by atoms with E-state index in [1.807, 2.05) is 4.57 Å². The Morgan fingerprint density at radius 2 is 1.88 bits per heavy atom. The number of amides is 1. The second-order valence-corrected chi connectivity index (χ2v) is 6.79. The lowest BCUT2D eigenvalue weighted by molar-refractivity contribution is -0.126. The number of halogens is 2.